The van der Waals surface area contributed by atoms with Crippen molar-refractivity contribution in [3.05, 3.63) is 93.5 Å². The van der Waals surface area contributed by atoms with Crippen LogP contribution >= 0.6 is 23.2 Å². The topological polar surface area (TPSA) is 29.9 Å². The van der Waals surface area contributed by atoms with Crippen LogP contribution < -0.4 is 5.32 Å². The van der Waals surface area contributed by atoms with Crippen molar-refractivity contribution in [2.75, 3.05) is 5.32 Å². The average molecular weight is 408 g/mol. The van der Waals surface area contributed by atoms with E-state index in [2.05, 4.69) is 59.3 Å². The SMILES string of the molecule is Cc1ccccc1[C@@H]1C[C@H](c2ccc(Cl)c(Cl)c2)Nc2nc3ccccc3n21. The van der Waals surface area contributed by atoms with Crippen LogP contribution in [0.25, 0.3) is 11.0 Å². The lowest BCUT2D eigenvalue weighted by atomic mass is 9.91. The number of rotatable bonds is 2. The van der Waals surface area contributed by atoms with Crippen LogP contribution in [-0.4, -0.2) is 9.55 Å². The van der Waals surface area contributed by atoms with Gasteiger partial charge in [0, 0.05) is 0 Å². The van der Waals surface area contributed by atoms with Crippen molar-refractivity contribution >= 4 is 40.2 Å². The summed E-state index contributed by atoms with van der Waals surface area (Å²) in [6.07, 6.45) is 0.899. The van der Waals surface area contributed by atoms with Gasteiger partial charge >= 0.3 is 0 Å². The summed E-state index contributed by atoms with van der Waals surface area (Å²) < 4.78 is 2.33. The molecule has 4 aromatic rings. The number of halogens is 2. The first-order valence-electron chi connectivity index (χ1n) is 9.36. The van der Waals surface area contributed by atoms with Crippen LogP contribution in [0.5, 0.6) is 0 Å². The maximum atomic E-state index is 6.30. The van der Waals surface area contributed by atoms with Crippen molar-refractivity contribution in [3.63, 3.8) is 0 Å². The summed E-state index contributed by atoms with van der Waals surface area (Å²) in [5.41, 5.74) is 5.86. The van der Waals surface area contributed by atoms with E-state index in [1.165, 1.54) is 11.1 Å². The Morgan fingerprint density at radius 1 is 0.964 bits per heavy atom. The van der Waals surface area contributed by atoms with Crippen molar-refractivity contribution in [1.29, 1.82) is 0 Å². The van der Waals surface area contributed by atoms with E-state index >= 15 is 0 Å². The standard InChI is InChI=1S/C23H19Cl2N3/c1-14-6-2-3-7-16(14)22-13-20(15-10-11-17(24)18(25)12-15)27-23-26-19-8-4-5-9-21(19)28(22)23/h2-12,20,22H,13H2,1H3,(H,26,27)/t20-,22+/m1/s1. The second-order valence-electron chi connectivity index (χ2n) is 7.27. The minimum atomic E-state index is 0.101. The van der Waals surface area contributed by atoms with Crippen LogP contribution in [0.1, 0.15) is 35.2 Å². The zero-order valence-corrected chi connectivity index (χ0v) is 16.9. The first-order valence-corrected chi connectivity index (χ1v) is 10.1. The number of aryl methyl sites for hydroxylation is 1. The molecule has 0 saturated carbocycles. The predicted octanol–water partition coefficient (Wildman–Crippen LogP) is 6.80. The number of fused-ring (bicyclic) bond motifs is 3. The Balaban J connectivity index is 1.68. The zero-order valence-electron chi connectivity index (χ0n) is 15.4. The molecule has 0 unspecified atom stereocenters. The summed E-state index contributed by atoms with van der Waals surface area (Å²) in [6.45, 7) is 2.17. The molecule has 0 amide bonds. The summed E-state index contributed by atoms with van der Waals surface area (Å²) in [6, 6.07) is 23.0. The monoisotopic (exact) mass is 407 g/mol. The van der Waals surface area contributed by atoms with Crippen LogP contribution in [0, 0.1) is 6.92 Å². The molecule has 0 spiro atoms. The maximum Gasteiger partial charge on any atom is 0.204 e. The zero-order chi connectivity index (χ0) is 19.3. The van der Waals surface area contributed by atoms with Gasteiger partial charge in [0.25, 0.3) is 0 Å². The molecule has 1 aliphatic rings. The van der Waals surface area contributed by atoms with Gasteiger partial charge in [-0.25, -0.2) is 4.98 Å². The first-order chi connectivity index (χ1) is 13.6. The molecule has 0 aliphatic carbocycles. The second-order valence-corrected chi connectivity index (χ2v) is 8.09. The largest absolute Gasteiger partial charge is 0.349 e. The maximum absolute atomic E-state index is 6.30. The van der Waals surface area contributed by atoms with E-state index in [1.807, 2.05) is 24.3 Å². The van der Waals surface area contributed by atoms with Crippen LogP contribution in [0.2, 0.25) is 10.0 Å². The Kier molecular flexibility index (Phi) is 4.30. The van der Waals surface area contributed by atoms with Crippen molar-refractivity contribution in [3.8, 4) is 0 Å². The lowest BCUT2D eigenvalue weighted by Gasteiger charge is -2.34. The number of anilines is 1. The molecule has 2 heterocycles. The van der Waals surface area contributed by atoms with E-state index < -0.39 is 0 Å². The lowest BCUT2D eigenvalue weighted by molar-refractivity contribution is 0.476. The molecular formula is C23H19Cl2N3. The van der Waals surface area contributed by atoms with Crippen LogP contribution in [-0.2, 0) is 0 Å². The molecule has 140 valence electrons. The fourth-order valence-electron chi connectivity index (χ4n) is 4.18. The summed E-state index contributed by atoms with van der Waals surface area (Å²) in [4.78, 5) is 4.87. The van der Waals surface area contributed by atoms with E-state index in [0.29, 0.717) is 10.0 Å². The quantitative estimate of drug-likeness (QED) is 0.395. The summed E-state index contributed by atoms with van der Waals surface area (Å²) in [5, 5.41) is 4.77. The molecule has 5 heteroatoms. The summed E-state index contributed by atoms with van der Waals surface area (Å²) >= 11 is 12.4. The highest BCUT2D eigenvalue weighted by Crippen LogP contribution is 2.42. The highest BCUT2D eigenvalue weighted by molar-refractivity contribution is 6.42. The number of para-hydroxylation sites is 2. The molecule has 1 aromatic heterocycles. The Labute approximate surface area is 173 Å². The molecule has 3 aromatic carbocycles. The van der Waals surface area contributed by atoms with E-state index in [4.69, 9.17) is 28.2 Å². The van der Waals surface area contributed by atoms with Crippen molar-refractivity contribution in [2.45, 2.75) is 25.4 Å². The van der Waals surface area contributed by atoms with E-state index in [0.717, 1.165) is 29.0 Å². The normalized spacial score (nSPS) is 18.7. The molecule has 0 saturated heterocycles. The Hall–Kier alpha value is -2.49. The number of hydrogen-bond acceptors (Lipinski definition) is 2. The number of hydrogen-bond donors (Lipinski definition) is 1. The molecule has 0 radical (unpaired) electrons. The molecule has 0 bridgehead atoms. The van der Waals surface area contributed by atoms with E-state index in [-0.39, 0.29) is 12.1 Å². The minimum Gasteiger partial charge on any atom is -0.349 e. The van der Waals surface area contributed by atoms with Gasteiger partial charge in [-0.05, 0) is 54.3 Å². The van der Waals surface area contributed by atoms with Crippen LogP contribution in [0.15, 0.2) is 66.7 Å². The predicted molar refractivity (Wildman–Crippen MR) is 116 cm³/mol. The smallest absolute Gasteiger partial charge is 0.204 e. The number of nitrogens with one attached hydrogen (secondary N) is 1. The van der Waals surface area contributed by atoms with Crippen molar-refractivity contribution < 1.29 is 0 Å². The molecule has 28 heavy (non-hydrogen) atoms. The summed E-state index contributed by atoms with van der Waals surface area (Å²) in [5.74, 6) is 0.886. The molecule has 1 aliphatic heterocycles. The van der Waals surface area contributed by atoms with Crippen LogP contribution in [0.3, 0.4) is 0 Å². The van der Waals surface area contributed by atoms with Crippen LogP contribution in [0.4, 0.5) is 5.95 Å². The number of benzene rings is 3. The highest BCUT2D eigenvalue weighted by Gasteiger charge is 2.31. The van der Waals surface area contributed by atoms with E-state index in [9.17, 15) is 0 Å². The Morgan fingerprint density at radius 3 is 2.57 bits per heavy atom. The van der Waals surface area contributed by atoms with Crippen molar-refractivity contribution in [1.82, 2.24) is 9.55 Å². The van der Waals surface area contributed by atoms with Gasteiger partial charge in [-0.15, -0.1) is 0 Å². The molecule has 1 N–H and O–H groups in total. The molecule has 5 rings (SSSR count). The van der Waals surface area contributed by atoms with Gasteiger partial charge in [0.15, 0.2) is 0 Å². The average Bonchev–Trinajstić information content (AvgIpc) is 3.08. The fraction of sp³-hybridized carbons (Fsp3) is 0.174. The second kappa shape index (κ2) is 6.84. The third-order valence-corrected chi connectivity index (χ3v) is 6.30. The van der Waals surface area contributed by atoms with Gasteiger partial charge in [-0.1, -0.05) is 65.7 Å². The van der Waals surface area contributed by atoms with Gasteiger partial charge < -0.3 is 9.88 Å². The van der Waals surface area contributed by atoms with E-state index in [1.54, 1.807) is 0 Å². The van der Waals surface area contributed by atoms with Crippen molar-refractivity contribution in [2.24, 2.45) is 0 Å². The first kappa shape index (κ1) is 17.6. The minimum absolute atomic E-state index is 0.101. The van der Waals surface area contributed by atoms with Gasteiger partial charge in [-0.3, -0.25) is 0 Å². The molecule has 2 atom stereocenters. The Bertz CT molecular complexity index is 1180. The third-order valence-electron chi connectivity index (χ3n) is 5.56. The highest BCUT2D eigenvalue weighted by atomic mass is 35.5. The van der Waals surface area contributed by atoms with Gasteiger partial charge in [0.2, 0.25) is 5.95 Å². The number of imidazole rings is 1. The summed E-state index contributed by atoms with van der Waals surface area (Å²) in [7, 11) is 0. The molecule has 0 fully saturated rings. The fourth-order valence-corrected chi connectivity index (χ4v) is 4.49. The number of aromatic nitrogens is 2. The van der Waals surface area contributed by atoms with Gasteiger partial charge in [0.05, 0.1) is 33.2 Å². The van der Waals surface area contributed by atoms with Gasteiger partial charge in [-0.2, -0.15) is 0 Å². The van der Waals surface area contributed by atoms with Gasteiger partial charge in [0.1, 0.15) is 0 Å². The lowest BCUT2D eigenvalue weighted by Crippen LogP contribution is -2.27. The Morgan fingerprint density at radius 2 is 1.75 bits per heavy atom. The number of nitrogens with zero attached hydrogens (tertiary/aromatic N) is 2. The molecular weight excluding hydrogens is 389 g/mol. The molecule has 3 nitrogen and oxygen atoms in total. The third kappa shape index (κ3) is 2.86.